The first-order valence-corrected chi connectivity index (χ1v) is 5.96. The number of anilines is 2. The molecule has 2 rings (SSSR count). The first-order valence-electron chi connectivity index (χ1n) is 5.96. The Balaban J connectivity index is 2.36. The minimum atomic E-state index is -1.16. The summed E-state index contributed by atoms with van der Waals surface area (Å²) in [6, 6.07) is 7.39. The third kappa shape index (κ3) is 3.08. The number of nitrogens with two attached hydrogens (primary N) is 1. The fourth-order valence-electron chi connectivity index (χ4n) is 1.73. The van der Waals surface area contributed by atoms with Gasteiger partial charge in [0.05, 0.1) is 24.0 Å². The Labute approximate surface area is 120 Å². The van der Waals surface area contributed by atoms with Crippen molar-refractivity contribution in [3.8, 4) is 5.75 Å². The molecule has 4 N–H and O–H groups in total. The van der Waals surface area contributed by atoms with Gasteiger partial charge in [0, 0.05) is 12.3 Å². The Bertz CT molecular complexity index is 700. The molecular weight excluding hydrogens is 274 g/mol. The van der Waals surface area contributed by atoms with Gasteiger partial charge >= 0.3 is 5.97 Å². The van der Waals surface area contributed by atoms with E-state index in [-0.39, 0.29) is 22.6 Å². The van der Waals surface area contributed by atoms with Gasteiger partial charge in [-0.25, -0.2) is 9.78 Å². The molecule has 0 atom stereocenters. The van der Waals surface area contributed by atoms with E-state index in [1.807, 2.05) is 0 Å². The third-order valence-electron chi connectivity index (χ3n) is 2.76. The Morgan fingerprint density at radius 3 is 2.71 bits per heavy atom. The smallest absolute Gasteiger partial charge is 0.337 e. The number of amides is 1. The minimum Gasteiger partial charge on any atom is -0.497 e. The highest BCUT2D eigenvalue weighted by molar-refractivity contribution is 6.09. The van der Waals surface area contributed by atoms with Crippen LogP contribution in [0.25, 0.3) is 0 Å². The van der Waals surface area contributed by atoms with Crippen molar-refractivity contribution in [1.82, 2.24) is 4.98 Å². The summed E-state index contributed by atoms with van der Waals surface area (Å²) in [6.07, 6.45) is 1.43. The topological polar surface area (TPSA) is 115 Å². The number of methoxy groups -OCH3 is 1. The summed E-state index contributed by atoms with van der Waals surface area (Å²) in [4.78, 5) is 27.2. The van der Waals surface area contributed by atoms with Crippen molar-refractivity contribution in [2.75, 3.05) is 18.2 Å². The highest BCUT2D eigenvalue weighted by Gasteiger charge is 2.16. The molecule has 0 unspecified atom stereocenters. The maximum Gasteiger partial charge on any atom is 0.337 e. The normalized spacial score (nSPS) is 9.95. The van der Waals surface area contributed by atoms with Crippen LogP contribution in [0.5, 0.6) is 5.75 Å². The van der Waals surface area contributed by atoms with E-state index in [0.717, 1.165) is 0 Å². The van der Waals surface area contributed by atoms with Crippen molar-refractivity contribution in [3.63, 3.8) is 0 Å². The quantitative estimate of drug-likeness (QED) is 0.787. The molecule has 1 aromatic heterocycles. The number of nitrogens with zero attached hydrogens (tertiary/aromatic N) is 1. The lowest BCUT2D eigenvalue weighted by molar-refractivity contribution is 0.0698. The summed E-state index contributed by atoms with van der Waals surface area (Å²) in [6.45, 7) is 0. The average Bonchev–Trinajstić information content (AvgIpc) is 2.47. The van der Waals surface area contributed by atoms with Crippen LogP contribution in [0.1, 0.15) is 20.8 Å². The number of hydrogen-bond donors (Lipinski definition) is 3. The number of rotatable bonds is 4. The summed E-state index contributed by atoms with van der Waals surface area (Å²) >= 11 is 0. The van der Waals surface area contributed by atoms with Crippen molar-refractivity contribution in [1.29, 1.82) is 0 Å². The Kier molecular flexibility index (Phi) is 4.03. The second kappa shape index (κ2) is 5.91. The highest BCUT2D eigenvalue weighted by atomic mass is 16.5. The van der Waals surface area contributed by atoms with E-state index in [9.17, 15) is 9.59 Å². The van der Waals surface area contributed by atoms with Crippen LogP contribution in [0.3, 0.4) is 0 Å². The Hall–Kier alpha value is -3.09. The molecule has 21 heavy (non-hydrogen) atoms. The molecule has 2 aromatic rings. The number of carboxylic acids is 1. The molecule has 108 valence electrons. The lowest BCUT2D eigenvalue weighted by Crippen LogP contribution is -2.17. The molecule has 0 aliphatic carbocycles. The molecule has 1 aromatic carbocycles. The number of carbonyl (C=O) groups is 2. The van der Waals surface area contributed by atoms with Gasteiger partial charge < -0.3 is 20.9 Å². The third-order valence-corrected chi connectivity index (χ3v) is 2.76. The van der Waals surface area contributed by atoms with Crippen LogP contribution in [-0.4, -0.2) is 29.1 Å². The minimum absolute atomic E-state index is 0.0247. The van der Waals surface area contributed by atoms with Gasteiger partial charge in [-0.15, -0.1) is 0 Å². The first-order chi connectivity index (χ1) is 10.0. The molecule has 1 heterocycles. The number of carbonyl (C=O) groups excluding carboxylic acids is 1. The zero-order valence-corrected chi connectivity index (χ0v) is 11.2. The summed E-state index contributed by atoms with van der Waals surface area (Å²) < 4.78 is 5.02. The molecule has 0 aliphatic rings. The zero-order valence-electron chi connectivity index (χ0n) is 11.2. The van der Waals surface area contributed by atoms with E-state index >= 15 is 0 Å². The van der Waals surface area contributed by atoms with Crippen LogP contribution >= 0.6 is 0 Å². The first kappa shape index (κ1) is 14.3. The molecule has 7 heteroatoms. The van der Waals surface area contributed by atoms with E-state index in [4.69, 9.17) is 15.6 Å². The van der Waals surface area contributed by atoms with Crippen LogP contribution in [0, 0.1) is 0 Å². The van der Waals surface area contributed by atoms with E-state index in [1.54, 1.807) is 6.07 Å². The van der Waals surface area contributed by atoms with Gasteiger partial charge in [0.1, 0.15) is 5.75 Å². The van der Waals surface area contributed by atoms with Crippen molar-refractivity contribution in [2.24, 2.45) is 0 Å². The molecule has 0 saturated heterocycles. The van der Waals surface area contributed by atoms with Gasteiger partial charge in [-0.3, -0.25) is 4.79 Å². The SMILES string of the molecule is COc1ccc(C(=O)O)c(NC(=O)c2ncccc2N)c1. The maximum atomic E-state index is 12.1. The number of nitrogen functional groups attached to an aromatic ring is 1. The number of carboxylic acid groups (broad SMARTS) is 1. The van der Waals surface area contributed by atoms with Gasteiger partial charge in [0.2, 0.25) is 0 Å². The molecule has 7 nitrogen and oxygen atoms in total. The van der Waals surface area contributed by atoms with Crippen molar-refractivity contribution >= 4 is 23.3 Å². The molecule has 0 spiro atoms. The number of benzene rings is 1. The average molecular weight is 287 g/mol. The van der Waals surface area contributed by atoms with Crippen molar-refractivity contribution in [2.45, 2.75) is 0 Å². The lowest BCUT2D eigenvalue weighted by atomic mass is 10.1. The van der Waals surface area contributed by atoms with Gasteiger partial charge in [0.25, 0.3) is 5.91 Å². The number of pyridine rings is 1. The highest BCUT2D eigenvalue weighted by Crippen LogP contribution is 2.23. The largest absolute Gasteiger partial charge is 0.497 e. The van der Waals surface area contributed by atoms with Gasteiger partial charge in [-0.05, 0) is 24.3 Å². The molecule has 0 fully saturated rings. The second-order valence-electron chi connectivity index (χ2n) is 4.11. The summed E-state index contributed by atoms with van der Waals surface area (Å²) in [5, 5.41) is 11.6. The molecule has 0 radical (unpaired) electrons. The van der Waals surface area contributed by atoms with Crippen molar-refractivity contribution in [3.05, 3.63) is 47.8 Å². The van der Waals surface area contributed by atoms with E-state index in [2.05, 4.69) is 10.3 Å². The number of aromatic carboxylic acids is 1. The van der Waals surface area contributed by atoms with E-state index in [0.29, 0.717) is 5.75 Å². The predicted molar refractivity (Wildman–Crippen MR) is 76.6 cm³/mol. The molecule has 0 saturated carbocycles. The van der Waals surface area contributed by atoms with Crippen molar-refractivity contribution < 1.29 is 19.4 Å². The molecular formula is C14H13N3O4. The fourth-order valence-corrected chi connectivity index (χ4v) is 1.73. The van der Waals surface area contributed by atoms with Crippen LogP contribution in [-0.2, 0) is 0 Å². The number of nitrogens with one attached hydrogen (secondary N) is 1. The zero-order chi connectivity index (χ0) is 15.4. The fraction of sp³-hybridized carbons (Fsp3) is 0.0714. The molecule has 0 aliphatic heterocycles. The van der Waals surface area contributed by atoms with Gasteiger partial charge in [-0.1, -0.05) is 0 Å². The second-order valence-corrected chi connectivity index (χ2v) is 4.11. The standard InChI is InChI=1S/C14H13N3O4/c1-21-8-4-5-9(14(19)20)11(7-8)17-13(18)12-10(15)3-2-6-16-12/h2-7H,15H2,1H3,(H,17,18)(H,19,20). The van der Waals surface area contributed by atoms with E-state index < -0.39 is 11.9 Å². The van der Waals surface area contributed by atoms with Gasteiger partial charge in [-0.2, -0.15) is 0 Å². The number of hydrogen-bond acceptors (Lipinski definition) is 5. The van der Waals surface area contributed by atoms with Gasteiger partial charge in [0.15, 0.2) is 5.69 Å². The predicted octanol–water partition coefficient (Wildman–Crippen LogP) is 1.62. The number of ether oxygens (including phenoxy) is 1. The lowest BCUT2D eigenvalue weighted by Gasteiger charge is -2.10. The monoisotopic (exact) mass is 287 g/mol. The van der Waals surface area contributed by atoms with Crippen LogP contribution in [0.15, 0.2) is 36.5 Å². The Morgan fingerprint density at radius 1 is 1.33 bits per heavy atom. The summed E-state index contributed by atoms with van der Waals surface area (Å²) in [7, 11) is 1.44. The molecule has 0 bridgehead atoms. The summed E-state index contributed by atoms with van der Waals surface area (Å²) in [5.74, 6) is -1.34. The summed E-state index contributed by atoms with van der Waals surface area (Å²) in [5.41, 5.74) is 5.94. The van der Waals surface area contributed by atoms with E-state index in [1.165, 1.54) is 37.6 Å². The van der Waals surface area contributed by atoms with Crippen LogP contribution in [0.2, 0.25) is 0 Å². The number of aromatic nitrogens is 1. The maximum absolute atomic E-state index is 12.1. The Morgan fingerprint density at radius 2 is 2.10 bits per heavy atom. The van der Waals surface area contributed by atoms with Crippen LogP contribution < -0.4 is 15.8 Å². The molecule has 1 amide bonds. The van der Waals surface area contributed by atoms with Crippen LogP contribution in [0.4, 0.5) is 11.4 Å².